The van der Waals surface area contributed by atoms with E-state index in [9.17, 15) is 33.1 Å². The molecule has 0 spiro atoms. The lowest BCUT2D eigenvalue weighted by Gasteiger charge is -2.32. The molecule has 6 atom stereocenters. The molecular formula is C26H30ClF2N4O9P. The number of nitrogen functional groups attached to an aromatic ring is 1. The summed E-state index contributed by atoms with van der Waals surface area (Å²) in [5.41, 5.74) is 1.34. The SMILES string of the molecule is CC(C)OC(=O)[C@H](C)NP(=O)(OC[C@@]1(C(F)F)O[C@@H](n2cc(Cl)c(N)nc2=O)[C@H](O)[C@@H]1O)Oc1ccc2ccccc2c1. The molecule has 13 nitrogen and oxygen atoms in total. The molecule has 1 saturated heterocycles. The lowest BCUT2D eigenvalue weighted by Crippen LogP contribution is -2.53. The molecule has 1 fully saturated rings. The Hall–Kier alpha value is -3.17. The van der Waals surface area contributed by atoms with Crippen LogP contribution in [0.2, 0.25) is 5.02 Å². The fourth-order valence-electron chi connectivity index (χ4n) is 4.30. The summed E-state index contributed by atoms with van der Waals surface area (Å²) >= 11 is 5.90. The van der Waals surface area contributed by atoms with Gasteiger partial charge in [0.1, 0.15) is 29.8 Å². The third-order valence-corrected chi connectivity index (χ3v) is 8.41. The molecule has 0 radical (unpaired) electrons. The van der Waals surface area contributed by atoms with Crippen LogP contribution in [0, 0.1) is 0 Å². The lowest BCUT2D eigenvalue weighted by atomic mass is 9.96. The van der Waals surface area contributed by atoms with Crippen molar-refractivity contribution >= 4 is 41.9 Å². The van der Waals surface area contributed by atoms with Gasteiger partial charge in [-0.1, -0.05) is 41.9 Å². The van der Waals surface area contributed by atoms with E-state index in [1.165, 1.54) is 19.1 Å². The fourth-order valence-corrected chi connectivity index (χ4v) is 5.97. The molecule has 234 valence electrons. The van der Waals surface area contributed by atoms with Gasteiger partial charge < -0.3 is 29.9 Å². The number of rotatable bonds is 11. The molecule has 1 aliphatic heterocycles. The molecule has 0 bridgehead atoms. The maximum Gasteiger partial charge on any atom is 0.459 e. The second kappa shape index (κ2) is 12.8. The normalized spacial score (nSPS) is 24.3. The smallest absolute Gasteiger partial charge is 0.459 e. The van der Waals surface area contributed by atoms with Crippen LogP contribution >= 0.6 is 19.3 Å². The summed E-state index contributed by atoms with van der Waals surface area (Å²) in [5.74, 6) is -1.21. The number of halogens is 3. The van der Waals surface area contributed by atoms with Gasteiger partial charge in [-0.3, -0.25) is 13.9 Å². The van der Waals surface area contributed by atoms with Crippen molar-refractivity contribution in [2.75, 3.05) is 12.3 Å². The Bertz CT molecular complexity index is 1600. The number of aromatic nitrogens is 2. The number of anilines is 1. The Morgan fingerprint density at radius 2 is 1.91 bits per heavy atom. The fraction of sp³-hybridized carbons (Fsp3) is 0.423. The van der Waals surface area contributed by atoms with E-state index in [4.69, 9.17) is 35.9 Å². The molecule has 43 heavy (non-hydrogen) atoms. The zero-order valence-electron chi connectivity index (χ0n) is 23.1. The number of esters is 1. The van der Waals surface area contributed by atoms with Gasteiger partial charge in [-0.15, -0.1) is 0 Å². The molecule has 0 saturated carbocycles. The van der Waals surface area contributed by atoms with E-state index >= 15 is 0 Å². The molecule has 0 aliphatic carbocycles. The molecule has 3 aromatic rings. The van der Waals surface area contributed by atoms with Crippen molar-refractivity contribution < 1.29 is 46.9 Å². The number of nitrogens with zero attached hydrogens (tertiary/aromatic N) is 2. The van der Waals surface area contributed by atoms with Gasteiger partial charge in [-0.05, 0) is 43.7 Å². The number of fused-ring (bicyclic) bond motifs is 1. The van der Waals surface area contributed by atoms with Crippen molar-refractivity contribution in [2.45, 2.75) is 63.4 Å². The summed E-state index contributed by atoms with van der Waals surface area (Å²) in [6, 6.07) is 10.4. The second-order valence-electron chi connectivity index (χ2n) is 10.1. The first kappa shape index (κ1) is 32.7. The largest absolute Gasteiger partial charge is 0.462 e. The third kappa shape index (κ3) is 6.99. The van der Waals surface area contributed by atoms with Crippen LogP contribution in [-0.4, -0.2) is 68.7 Å². The van der Waals surface area contributed by atoms with E-state index in [1.54, 1.807) is 38.1 Å². The van der Waals surface area contributed by atoms with Gasteiger partial charge in [-0.25, -0.2) is 18.1 Å². The molecular weight excluding hydrogens is 617 g/mol. The number of nitrogens with two attached hydrogens (primary N) is 1. The number of aliphatic hydroxyl groups excluding tert-OH is 2. The molecule has 17 heteroatoms. The number of carbonyl (C=O) groups excluding carboxylic acids is 1. The quantitative estimate of drug-likeness (QED) is 0.177. The van der Waals surface area contributed by atoms with E-state index in [2.05, 4.69) is 10.1 Å². The van der Waals surface area contributed by atoms with Gasteiger partial charge in [0.15, 0.2) is 11.8 Å². The molecule has 2 heterocycles. The van der Waals surface area contributed by atoms with Crippen LogP contribution in [0.3, 0.4) is 0 Å². The van der Waals surface area contributed by atoms with Crippen molar-refractivity contribution in [2.24, 2.45) is 0 Å². The zero-order chi connectivity index (χ0) is 31.7. The summed E-state index contributed by atoms with van der Waals surface area (Å²) < 4.78 is 65.3. The van der Waals surface area contributed by atoms with E-state index in [0.717, 1.165) is 11.6 Å². The first-order valence-corrected chi connectivity index (χ1v) is 14.9. The van der Waals surface area contributed by atoms with Gasteiger partial charge in [0.2, 0.25) is 0 Å². The van der Waals surface area contributed by atoms with Crippen molar-refractivity contribution in [1.29, 1.82) is 0 Å². The maximum absolute atomic E-state index is 14.6. The summed E-state index contributed by atoms with van der Waals surface area (Å²) in [4.78, 5) is 28.3. The Morgan fingerprint density at radius 3 is 2.56 bits per heavy atom. The number of hydrogen-bond acceptors (Lipinski definition) is 11. The first-order chi connectivity index (χ1) is 20.2. The number of alkyl halides is 2. The highest BCUT2D eigenvalue weighted by Gasteiger charge is 2.61. The highest BCUT2D eigenvalue weighted by atomic mass is 35.5. The van der Waals surface area contributed by atoms with Gasteiger partial charge in [0, 0.05) is 6.20 Å². The highest BCUT2D eigenvalue weighted by molar-refractivity contribution is 7.52. The number of carbonyl (C=O) groups is 1. The van der Waals surface area contributed by atoms with Gasteiger partial charge >= 0.3 is 19.4 Å². The van der Waals surface area contributed by atoms with Crippen LogP contribution in [-0.2, 0) is 23.4 Å². The number of nitrogens with one attached hydrogen (secondary N) is 1. The highest BCUT2D eigenvalue weighted by Crippen LogP contribution is 2.49. The predicted octanol–water partition coefficient (Wildman–Crippen LogP) is 3.02. The summed E-state index contributed by atoms with van der Waals surface area (Å²) in [5, 5.41) is 25.0. The van der Waals surface area contributed by atoms with E-state index in [-0.39, 0.29) is 16.6 Å². The van der Waals surface area contributed by atoms with Crippen LogP contribution in [0.4, 0.5) is 14.6 Å². The monoisotopic (exact) mass is 646 g/mol. The lowest BCUT2D eigenvalue weighted by molar-refractivity contribution is -0.192. The van der Waals surface area contributed by atoms with Crippen molar-refractivity contribution in [1.82, 2.24) is 14.6 Å². The van der Waals surface area contributed by atoms with Crippen LogP contribution in [0.25, 0.3) is 10.8 Å². The van der Waals surface area contributed by atoms with Crippen LogP contribution in [0.1, 0.15) is 27.0 Å². The summed E-state index contributed by atoms with van der Waals surface area (Å²) in [7, 11) is -4.74. The number of aliphatic hydroxyl groups is 2. The Labute approximate surface area is 249 Å². The minimum Gasteiger partial charge on any atom is -0.462 e. The van der Waals surface area contributed by atoms with Crippen molar-refractivity contribution in [3.63, 3.8) is 0 Å². The molecule has 1 aromatic heterocycles. The molecule has 1 aliphatic rings. The number of ether oxygens (including phenoxy) is 2. The Morgan fingerprint density at radius 1 is 1.23 bits per heavy atom. The van der Waals surface area contributed by atoms with E-state index in [1.807, 2.05) is 6.07 Å². The van der Waals surface area contributed by atoms with Gasteiger partial charge in [-0.2, -0.15) is 10.1 Å². The molecule has 1 unspecified atom stereocenters. The summed E-state index contributed by atoms with van der Waals surface area (Å²) in [6.07, 6.45) is -9.61. The molecule has 5 N–H and O–H groups in total. The molecule has 0 amide bonds. The standard InChI is InChI=1S/C26H30ClF2N4O9P/c1-13(2)40-23(36)14(3)32-43(38,42-17-9-8-15-6-4-5-7-16(15)10-17)39-12-26(24(28)29)20(35)19(34)22(41-26)33-11-18(27)21(30)31-25(33)37/h4-11,13-14,19-20,22,24,34-35H,12H2,1-3H3,(H,32,38)(H2,30,31,37)/t14-,19+,20-,22+,26+,43?/m0/s1. The Kier molecular flexibility index (Phi) is 9.76. The minimum atomic E-state index is -4.74. The topological polar surface area (TPSA) is 184 Å². The minimum absolute atomic E-state index is 0.00926. The maximum atomic E-state index is 14.6. The number of benzene rings is 2. The number of hydrogen-bond donors (Lipinski definition) is 4. The van der Waals surface area contributed by atoms with Crippen molar-refractivity contribution in [3.05, 3.63) is 64.2 Å². The predicted molar refractivity (Wildman–Crippen MR) is 151 cm³/mol. The average Bonchev–Trinajstić information content (AvgIpc) is 3.19. The molecule has 2 aromatic carbocycles. The Balaban J connectivity index is 1.66. The zero-order valence-corrected chi connectivity index (χ0v) is 24.7. The third-order valence-electron chi connectivity index (χ3n) is 6.50. The van der Waals surface area contributed by atoms with Crippen LogP contribution in [0.15, 0.2) is 53.5 Å². The summed E-state index contributed by atoms with van der Waals surface area (Å²) in [6.45, 7) is 3.13. The molecule has 4 rings (SSSR count). The van der Waals surface area contributed by atoms with E-state index in [0.29, 0.717) is 9.95 Å². The second-order valence-corrected chi connectivity index (χ2v) is 12.2. The van der Waals surface area contributed by atoms with Crippen LogP contribution in [0.5, 0.6) is 5.75 Å². The van der Waals surface area contributed by atoms with E-state index < -0.39 is 68.6 Å². The van der Waals surface area contributed by atoms with Gasteiger partial charge in [0.25, 0.3) is 6.43 Å². The van der Waals surface area contributed by atoms with Gasteiger partial charge in [0.05, 0.1) is 17.7 Å². The first-order valence-electron chi connectivity index (χ1n) is 12.9. The average molecular weight is 647 g/mol. The van der Waals surface area contributed by atoms with Crippen LogP contribution < -0.4 is 21.0 Å². The van der Waals surface area contributed by atoms with Crippen molar-refractivity contribution in [3.8, 4) is 5.75 Å².